The van der Waals surface area contributed by atoms with Gasteiger partial charge in [-0.2, -0.15) is 0 Å². The Morgan fingerprint density at radius 3 is 2.52 bits per heavy atom. The molecule has 2 aromatic rings. The third kappa shape index (κ3) is 4.74. The molecule has 0 fully saturated rings. The molecule has 4 nitrogen and oxygen atoms in total. The molecule has 0 aliphatic carbocycles. The summed E-state index contributed by atoms with van der Waals surface area (Å²) in [5, 5.41) is 2.97. The topological polar surface area (TPSA) is 47.6 Å². The lowest BCUT2D eigenvalue weighted by Gasteiger charge is -2.11. The van der Waals surface area contributed by atoms with Gasteiger partial charge in [0, 0.05) is 13.0 Å². The van der Waals surface area contributed by atoms with Crippen molar-refractivity contribution in [2.24, 2.45) is 0 Å². The van der Waals surface area contributed by atoms with Gasteiger partial charge >= 0.3 is 0 Å². The summed E-state index contributed by atoms with van der Waals surface area (Å²) in [7, 11) is 3.25. The number of amides is 1. The van der Waals surface area contributed by atoms with Gasteiger partial charge in [0.2, 0.25) is 5.91 Å². The van der Waals surface area contributed by atoms with Crippen molar-refractivity contribution in [3.63, 3.8) is 0 Å². The number of ether oxygens (including phenoxy) is 2. The van der Waals surface area contributed by atoms with Crippen molar-refractivity contribution in [2.45, 2.75) is 26.3 Å². The highest BCUT2D eigenvalue weighted by molar-refractivity contribution is 5.76. The number of rotatable bonds is 7. The van der Waals surface area contributed by atoms with Crippen LogP contribution in [-0.4, -0.2) is 20.1 Å². The molecule has 0 atom stereocenters. The number of methoxy groups -OCH3 is 2. The Morgan fingerprint density at radius 1 is 1.04 bits per heavy atom. The lowest BCUT2D eigenvalue weighted by Crippen LogP contribution is -2.23. The molecule has 0 radical (unpaired) electrons. The van der Waals surface area contributed by atoms with Gasteiger partial charge < -0.3 is 14.8 Å². The second-order valence-electron chi connectivity index (χ2n) is 5.38. The monoisotopic (exact) mass is 313 g/mol. The van der Waals surface area contributed by atoms with Gasteiger partial charge in [0.05, 0.1) is 14.2 Å². The molecule has 0 saturated carbocycles. The molecule has 23 heavy (non-hydrogen) atoms. The molecule has 1 N–H and O–H groups in total. The Balaban J connectivity index is 1.90. The van der Waals surface area contributed by atoms with E-state index in [4.69, 9.17) is 9.47 Å². The van der Waals surface area contributed by atoms with E-state index in [0.717, 1.165) is 22.6 Å². The minimum absolute atomic E-state index is 0.0260. The van der Waals surface area contributed by atoms with Crippen LogP contribution in [0, 0.1) is 6.92 Å². The zero-order valence-electron chi connectivity index (χ0n) is 13.9. The Morgan fingerprint density at radius 2 is 1.83 bits per heavy atom. The third-order valence-corrected chi connectivity index (χ3v) is 3.85. The number of carbonyl (C=O) groups is 1. The lowest BCUT2D eigenvalue weighted by atomic mass is 10.1. The predicted molar refractivity (Wildman–Crippen MR) is 90.9 cm³/mol. The highest BCUT2D eigenvalue weighted by Crippen LogP contribution is 2.25. The van der Waals surface area contributed by atoms with Crippen LogP contribution < -0.4 is 14.8 Å². The second-order valence-corrected chi connectivity index (χ2v) is 5.38. The summed E-state index contributed by atoms with van der Waals surface area (Å²) < 4.78 is 10.6. The first-order chi connectivity index (χ1) is 11.1. The molecule has 2 aromatic carbocycles. The van der Waals surface area contributed by atoms with Gasteiger partial charge in [0.1, 0.15) is 11.5 Å². The van der Waals surface area contributed by atoms with Crippen molar-refractivity contribution in [1.29, 1.82) is 0 Å². The molecule has 0 heterocycles. The number of hydrogen-bond donors (Lipinski definition) is 1. The maximum absolute atomic E-state index is 12.1. The fourth-order valence-electron chi connectivity index (χ4n) is 2.42. The number of nitrogens with one attached hydrogen (secondary N) is 1. The minimum atomic E-state index is 0.0260. The minimum Gasteiger partial charge on any atom is -0.497 e. The van der Waals surface area contributed by atoms with Crippen molar-refractivity contribution in [1.82, 2.24) is 5.32 Å². The van der Waals surface area contributed by atoms with Crippen molar-refractivity contribution < 1.29 is 14.3 Å². The largest absolute Gasteiger partial charge is 0.497 e. The average molecular weight is 313 g/mol. The van der Waals surface area contributed by atoms with Crippen molar-refractivity contribution in [3.05, 3.63) is 59.2 Å². The summed E-state index contributed by atoms with van der Waals surface area (Å²) in [6, 6.07) is 13.7. The van der Waals surface area contributed by atoms with Gasteiger partial charge in [-0.1, -0.05) is 24.3 Å². The van der Waals surface area contributed by atoms with Crippen LogP contribution in [0.15, 0.2) is 42.5 Å². The summed E-state index contributed by atoms with van der Waals surface area (Å²) in [5.74, 6) is 1.57. The Bertz CT molecular complexity index is 667. The van der Waals surface area contributed by atoms with E-state index < -0.39 is 0 Å². The Kier molecular flexibility index (Phi) is 6.03. The van der Waals surface area contributed by atoms with Crippen molar-refractivity contribution >= 4 is 5.91 Å². The van der Waals surface area contributed by atoms with Crippen LogP contribution in [0.5, 0.6) is 11.5 Å². The molecule has 0 aliphatic rings. The summed E-state index contributed by atoms with van der Waals surface area (Å²) in [5.41, 5.74) is 3.29. The first kappa shape index (κ1) is 16.9. The molecule has 122 valence electrons. The van der Waals surface area contributed by atoms with Gasteiger partial charge in [0.15, 0.2) is 0 Å². The van der Waals surface area contributed by atoms with Gasteiger partial charge in [-0.25, -0.2) is 0 Å². The zero-order valence-corrected chi connectivity index (χ0v) is 13.9. The second kappa shape index (κ2) is 8.22. The van der Waals surface area contributed by atoms with E-state index in [1.54, 1.807) is 14.2 Å². The van der Waals surface area contributed by atoms with E-state index in [0.29, 0.717) is 19.4 Å². The summed E-state index contributed by atoms with van der Waals surface area (Å²) >= 11 is 0. The number of carbonyl (C=O) groups excluding carboxylic acids is 1. The molecule has 0 unspecified atom stereocenters. The molecule has 4 heteroatoms. The number of hydrogen-bond acceptors (Lipinski definition) is 3. The van der Waals surface area contributed by atoms with Gasteiger partial charge in [-0.3, -0.25) is 4.79 Å². The lowest BCUT2D eigenvalue weighted by molar-refractivity contribution is -0.121. The number of benzene rings is 2. The van der Waals surface area contributed by atoms with Crippen molar-refractivity contribution in [3.8, 4) is 11.5 Å². The van der Waals surface area contributed by atoms with E-state index >= 15 is 0 Å². The first-order valence-corrected chi connectivity index (χ1v) is 7.66. The molecule has 0 spiro atoms. The smallest absolute Gasteiger partial charge is 0.220 e. The van der Waals surface area contributed by atoms with Crippen LogP contribution >= 0.6 is 0 Å². The molecule has 1 amide bonds. The molecule has 0 saturated heterocycles. The molecular formula is C19H23NO3. The van der Waals surface area contributed by atoms with Crippen LogP contribution in [0.3, 0.4) is 0 Å². The quantitative estimate of drug-likeness (QED) is 0.853. The summed E-state index contributed by atoms with van der Waals surface area (Å²) in [6.45, 7) is 2.60. The average Bonchev–Trinajstić information content (AvgIpc) is 2.58. The molecule has 0 bridgehead atoms. The maximum atomic E-state index is 12.1. The fraction of sp³-hybridized carbons (Fsp3) is 0.316. The molecular weight excluding hydrogens is 290 g/mol. The van der Waals surface area contributed by atoms with E-state index in [2.05, 4.69) is 5.32 Å². The van der Waals surface area contributed by atoms with Crippen LogP contribution in [0.2, 0.25) is 0 Å². The first-order valence-electron chi connectivity index (χ1n) is 7.66. The van der Waals surface area contributed by atoms with E-state index in [-0.39, 0.29) is 5.91 Å². The Hall–Kier alpha value is -2.49. The maximum Gasteiger partial charge on any atom is 0.220 e. The normalized spacial score (nSPS) is 10.2. The standard InChI is InChI=1S/C19H23NO3/c1-14-6-4-5-7-16(14)13-20-19(21)11-8-15-12-17(22-2)9-10-18(15)23-3/h4-7,9-10,12H,8,11,13H2,1-3H3,(H,20,21). The highest BCUT2D eigenvalue weighted by Gasteiger charge is 2.08. The van der Waals surface area contributed by atoms with Crippen LogP contribution in [-0.2, 0) is 17.8 Å². The van der Waals surface area contributed by atoms with Crippen LogP contribution in [0.4, 0.5) is 0 Å². The molecule has 0 aromatic heterocycles. The summed E-state index contributed by atoms with van der Waals surface area (Å²) in [4.78, 5) is 12.1. The van der Waals surface area contributed by atoms with E-state index in [9.17, 15) is 4.79 Å². The van der Waals surface area contributed by atoms with E-state index in [1.165, 1.54) is 5.56 Å². The molecule has 2 rings (SSSR count). The molecule has 0 aliphatic heterocycles. The summed E-state index contributed by atoms with van der Waals surface area (Å²) in [6.07, 6.45) is 1.02. The van der Waals surface area contributed by atoms with Crippen LogP contribution in [0.25, 0.3) is 0 Å². The van der Waals surface area contributed by atoms with Crippen molar-refractivity contribution in [2.75, 3.05) is 14.2 Å². The van der Waals surface area contributed by atoms with E-state index in [1.807, 2.05) is 49.4 Å². The Labute approximate surface area is 137 Å². The van der Waals surface area contributed by atoms with Gasteiger partial charge in [-0.05, 0) is 48.2 Å². The zero-order chi connectivity index (χ0) is 16.7. The number of aryl methyl sites for hydroxylation is 2. The highest BCUT2D eigenvalue weighted by atomic mass is 16.5. The SMILES string of the molecule is COc1ccc(OC)c(CCC(=O)NCc2ccccc2C)c1. The third-order valence-electron chi connectivity index (χ3n) is 3.85. The van der Waals surface area contributed by atoms with Gasteiger partial charge in [-0.15, -0.1) is 0 Å². The van der Waals surface area contributed by atoms with Gasteiger partial charge in [0.25, 0.3) is 0 Å². The fourth-order valence-corrected chi connectivity index (χ4v) is 2.42. The van der Waals surface area contributed by atoms with Crippen LogP contribution in [0.1, 0.15) is 23.1 Å². The predicted octanol–water partition coefficient (Wildman–Crippen LogP) is 3.26.